The van der Waals surface area contributed by atoms with Crippen LogP contribution in [0.25, 0.3) is 0 Å². The van der Waals surface area contributed by atoms with Crippen LogP contribution >= 0.6 is 0 Å². The van der Waals surface area contributed by atoms with Gasteiger partial charge < -0.3 is 19.6 Å². The van der Waals surface area contributed by atoms with Gasteiger partial charge >= 0.3 is 18.3 Å². The molecule has 3 aromatic rings. The van der Waals surface area contributed by atoms with Crippen LogP contribution < -0.4 is 10.7 Å². The summed E-state index contributed by atoms with van der Waals surface area (Å²) in [6.45, 7) is 5.44. The van der Waals surface area contributed by atoms with Crippen molar-refractivity contribution in [3.8, 4) is 0 Å². The maximum Gasteiger partial charge on any atom is 0.490 e. The van der Waals surface area contributed by atoms with E-state index in [2.05, 4.69) is 30.0 Å². The fourth-order valence-electron chi connectivity index (χ4n) is 4.25. The summed E-state index contributed by atoms with van der Waals surface area (Å²) in [5, 5.41) is 30.6. The number of allylic oxidation sites excluding steroid dienone is 1. The number of carboxylic acid groups (broad SMARTS) is 2. The molecular weight excluding hydrogens is 663 g/mol. The van der Waals surface area contributed by atoms with Crippen LogP contribution in [0, 0.1) is 19.7 Å². The van der Waals surface area contributed by atoms with E-state index in [9.17, 15) is 40.3 Å². The summed E-state index contributed by atoms with van der Waals surface area (Å²) in [5.41, 5.74) is 3.46. The Morgan fingerprint density at radius 2 is 1.73 bits per heavy atom. The number of aromatic nitrogens is 5. The lowest BCUT2D eigenvalue weighted by Gasteiger charge is -2.17. The third-order valence-electron chi connectivity index (χ3n) is 6.88. The van der Waals surface area contributed by atoms with Gasteiger partial charge in [0, 0.05) is 18.2 Å². The van der Waals surface area contributed by atoms with E-state index in [-0.39, 0.29) is 16.8 Å². The predicted octanol–water partition coefficient (Wildman–Crippen LogP) is 1.85. The summed E-state index contributed by atoms with van der Waals surface area (Å²) >= 11 is 0. The van der Waals surface area contributed by atoms with Crippen molar-refractivity contribution in [3.05, 3.63) is 86.7 Å². The molecule has 0 saturated heterocycles. The predicted molar refractivity (Wildman–Crippen MR) is 148 cm³/mol. The Kier molecular flexibility index (Phi) is 11.5. The smallest absolute Gasteiger partial charge is 0.490 e. The van der Waals surface area contributed by atoms with Crippen molar-refractivity contribution in [2.75, 3.05) is 6.54 Å². The first-order chi connectivity index (χ1) is 22.3. The first kappa shape index (κ1) is 36.9. The Hall–Kier alpha value is -5.56. The van der Waals surface area contributed by atoms with E-state index in [4.69, 9.17) is 19.8 Å². The van der Waals surface area contributed by atoms with E-state index in [1.807, 2.05) is 17.6 Å². The fourth-order valence-corrected chi connectivity index (χ4v) is 4.25. The maximum atomic E-state index is 14.8. The molecule has 48 heavy (non-hydrogen) atoms. The Labute approximate surface area is 264 Å². The molecule has 20 heteroatoms. The number of rotatable bonds is 4. The number of alkyl halides is 6. The minimum Gasteiger partial charge on any atom is -0.542 e. The molecule has 5 rings (SSSR count). The van der Waals surface area contributed by atoms with Crippen LogP contribution in [0.1, 0.15) is 45.0 Å². The molecular formula is C28H24F7N7O6. The monoisotopic (exact) mass is 687 g/mol. The SMILES string of the molecule is Cc1c(Cc2ccc(F)c(C(=O)C3=NC=CC/C3=[N+]3\CCn4cnnc4C3)c2)n[nH]c(=O)c1C.O=C(O)C(F)(F)F.O=C([O-])C(F)(F)F. The molecule has 2 aliphatic heterocycles. The van der Waals surface area contributed by atoms with Crippen molar-refractivity contribution in [2.24, 2.45) is 4.99 Å². The largest absolute Gasteiger partial charge is 0.542 e. The third-order valence-corrected chi connectivity index (χ3v) is 6.88. The number of carboxylic acids is 2. The van der Waals surface area contributed by atoms with Gasteiger partial charge in [-0.2, -0.15) is 31.4 Å². The summed E-state index contributed by atoms with van der Waals surface area (Å²) in [5.74, 6) is -6.02. The van der Waals surface area contributed by atoms with Gasteiger partial charge in [-0.1, -0.05) is 12.1 Å². The number of nitrogens with one attached hydrogen (secondary N) is 1. The number of aliphatic carboxylic acids is 2. The number of nitrogens with zero attached hydrogens (tertiary/aromatic N) is 6. The van der Waals surface area contributed by atoms with Gasteiger partial charge in [-0.15, -0.1) is 10.2 Å². The number of carbonyl (C=O) groups excluding carboxylic acids is 2. The lowest BCUT2D eigenvalue weighted by atomic mass is 9.96. The average molecular weight is 688 g/mol. The van der Waals surface area contributed by atoms with Crippen LogP contribution in [-0.4, -0.2) is 82.7 Å². The van der Waals surface area contributed by atoms with Gasteiger partial charge in [0.15, 0.2) is 18.1 Å². The number of hydrogen-bond donors (Lipinski definition) is 2. The zero-order chi connectivity index (χ0) is 36.0. The number of halogens is 7. The zero-order valence-electron chi connectivity index (χ0n) is 24.8. The van der Waals surface area contributed by atoms with Crippen LogP contribution in [0.4, 0.5) is 30.7 Å². The van der Waals surface area contributed by atoms with Crippen molar-refractivity contribution in [2.45, 2.75) is 52.1 Å². The van der Waals surface area contributed by atoms with Crippen molar-refractivity contribution >= 4 is 29.1 Å². The minimum atomic E-state index is -5.19. The normalized spacial score (nSPS) is 15.6. The lowest BCUT2D eigenvalue weighted by molar-refractivity contribution is -0.552. The van der Waals surface area contributed by atoms with E-state index in [1.54, 1.807) is 31.6 Å². The van der Waals surface area contributed by atoms with Crippen molar-refractivity contribution in [1.82, 2.24) is 25.0 Å². The van der Waals surface area contributed by atoms with Crippen LogP contribution in [0.15, 0.2) is 46.6 Å². The standard InChI is InChI=1S/C24H22FN7O2.2C2HF3O2/c1-14-15(2)24(34)30-28-19(14)11-16-5-6-18(25)17(10-16)23(33)22-20(4-3-7-26-22)31-8-9-32-13-27-29-21(32)12-31;2*3-2(4,5)1(6)7/h3,5-7,10,13H,4,8-9,11-12H2,1-2H3;2*(H,6,7)/b31-20-;;. The summed E-state index contributed by atoms with van der Waals surface area (Å²) in [4.78, 5) is 47.3. The Morgan fingerprint density at radius 1 is 1.08 bits per heavy atom. The van der Waals surface area contributed by atoms with Crippen molar-refractivity contribution < 1.29 is 59.9 Å². The molecule has 2 aromatic heterocycles. The fraction of sp³-hybridized carbons (Fsp3) is 0.321. The van der Waals surface area contributed by atoms with E-state index >= 15 is 0 Å². The highest BCUT2D eigenvalue weighted by molar-refractivity contribution is 6.69. The zero-order valence-corrected chi connectivity index (χ0v) is 24.8. The van der Waals surface area contributed by atoms with Crippen molar-refractivity contribution in [1.29, 1.82) is 0 Å². The van der Waals surface area contributed by atoms with Crippen LogP contribution in [0.2, 0.25) is 0 Å². The van der Waals surface area contributed by atoms with E-state index in [0.717, 1.165) is 17.1 Å². The second-order valence-corrected chi connectivity index (χ2v) is 10.0. The summed E-state index contributed by atoms with van der Waals surface area (Å²) in [6, 6.07) is 4.46. The summed E-state index contributed by atoms with van der Waals surface area (Å²) in [6.07, 6.45) is -4.24. The lowest BCUT2D eigenvalue weighted by Crippen LogP contribution is -2.38. The number of hydrogen-bond acceptors (Lipinski definition) is 9. The van der Waals surface area contributed by atoms with Crippen LogP contribution in [-0.2, 0) is 29.1 Å². The third kappa shape index (κ3) is 9.26. The Morgan fingerprint density at radius 3 is 2.33 bits per heavy atom. The first-order valence-corrected chi connectivity index (χ1v) is 13.5. The minimum absolute atomic E-state index is 0.0389. The summed E-state index contributed by atoms with van der Waals surface area (Å²) in [7, 11) is 0. The molecule has 256 valence electrons. The number of H-pyrrole nitrogens is 1. The number of ketones is 1. The van der Waals surface area contributed by atoms with Crippen LogP contribution in [0.5, 0.6) is 0 Å². The average Bonchev–Trinajstić information content (AvgIpc) is 3.50. The molecule has 0 spiro atoms. The molecule has 1 aromatic carbocycles. The first-order valence-electron chi connectivity index (χ1n) is 13.5. The molecule has 0 saturated carbocycles. The number of Topliss-reactive ketones (excluding diaryl/α,β-unsaturated/α-hetero) is 1. The highest BCUT2D eigenvalue weighted by atomic mass is 19.4. The van der Waals surface area contributed by atoms with E-state index in [1.165, 1.54) is 6.07 Å². The second kappa shape index (κ2) is 14.9. The van der Waals surface area contributed by atoms with Crippen molar-refractivity contribution in [3.63, 3.8) is 0 Å². The van der Waals surface area contributed by atoms with Gasteiger partial charge in [0.25, 0.3) is 5.56 Å². The molecule has 0 bridgehead atoms. The number of aromatic amines is 1. The number of carbonyl (C=O) groups is 3. The Balaban J connectivity index is 0.000000376. The van der Waals surface area contributed by atoms with Gasteiger partial charge in [0.2, 0.25) is 18.0 Å². The highest BCUT2D eigenvalue weighted by Crippen LogP contribution is 2.19. The van der Waals surface area contributed by atoms with Gasteiger partial charge in [-0.3, -0.25) is 9.59 Å². The second-order valence-electron chi connectivity index (χ2n) is 10.0. The number of aliphatic imine (C=N–C) groups is 1. The Bertz CT molecular complexity index is 1850. The molecule has 0 atom stereocenters. The molecule has 2 N–H and O–H groups in total. The van der Waals surface area contributed by atoms with Gasteiger partial charge in [-0.05, 0) is 37.1 Å². The van der Waals surface area contributed by atoms with Gasteiger partial charge in [0.05, 0.1) is 24.2 Å². The van der Waals surface area contributed by atoms with E-state index < -0.39 is 35.9 Å². The topological polar surface area (TPSA) is 186 Å². The number of fused-ring (bicyclic) bond motifs is 1. The van der Waals surface area contributed by atoms with Gasteiger partial charge in [0.1, 0.15) is 18.1 Å². The molecule has 13 nitrogen and oxygen atoms in total. The molecule has 4 heterocycles. The molecule has 0 aliphatic carbocycles. The highest BCUT2D eigenvalue weighted by Gasteiger charge is 2.38. The quantitative estimate of drug-likeness (QED) is 0.235. The van der Waals surface area contributed by atoms with E-state index in [0.29, 0.717) is 49.3 Å². The summed E-state index contributed by atoms with van der Waals surface area (Å²) < 4.78 is 82.2. The molecule has 0 amide bonds. The molecule has 0 unspecified atom stereocenters. The van der Waals surface area contributed by atoms with Gasteiger partial charge in [-0.25, -0.2) is 23.9 Å². The maximum absolute atomic E-state index is 14.8. The molecule has 2 aliphatic rings. The molecule has 0 fully saturated rings. The van der Waals surface area contributed by atoms with Crippen LogP contribution in [0.3, 0.4) is 0 Å². The molecule has 0 radical (unpaired) electrons. The number of benzene rings is 1.